The zero-order chi connectivity index (χ0) is 17.2. The third kappa shape index (κ3) is 5.04. The smallest absolute Gasteiger partial charge is 0.224 e. The number of nitrogens with one attached hydrogen (secondary N) is 1. The molecule has 1 amide bonds. The second kappa shape index (κ2) is 7.77. The second-order valence-electron chi connectivity index (χ2n) is 6.48. The van der Waals surface area contributed by atoms with Crippen LogP contribution in [0.5, 0.6) is 0 Å². The maximum Gasteiger partial charge on any atom is 0.224 e. The molecule has 0 fully saturated rings. The van der Waals surface area contributed by atoms with Crippen LogP contribution in [-0.2, 0) is 11.2 Å². The molecule has 0 unspecified atom stereocenters. The number of benzene rings is 1. The maximum atomic E-state index is 13.0. The van der Waals surface area contributed by atoms with Crippen LogP contribution in [-0.4, -0.2) is 27.8 Å². The Kier molecular flexibility index (Phi) is 6.51. The highest BCUT2D eigenvalue weighted by Gasteiger charge is 2.17. The first-order valence-electron chi connectivity index (χ1n) is 7.54. The standard InChI is InChI=1S/C17H23FN4O.ClH/c1-11-15(9-16(23)20-10-17(3,4)19)12(2)22(21-11)14-7-5-13(18)6-8-14;/h5-8H,9-10,19H2,1-4H3,(H,20,23);1H. The number of aromatic nitrogens is 2. The molecule has 0 aliphatic carbocycles. The van der Waals surface area contributed by atoms with E-state index in [0.29, 0.717) is 6.54 Å². The van der Waals surface area contributed by atoms with Gasteiger partial charge in [-0.05, 0) is 52.0 Å². The van der Waals surface area contributed by atoms with Crippen molar-refractivity contribution in [3.63, 3.8) is 0 Å². The molecule has 1 aromatic carbocycles. The molecule has 0 atom stereocenters. The molecule has 0 bridgehead atoms. The van der Waals surface area contributed by atoms with E-state index in [0.717, 1.165) is 22.6 Å². The number of nitrogens with two attached hydrogens (primary N) is 1. The molecule has 1 aromatic heterocycles. The molecule has 7 heteroatoms. The predicted molar refractivity (Wildman–Crippen MR) is 95.2 cm³/mol. The molecule has 2 rings (SSSR count). The minimum atomic E-state index is -0.446. The number of carbonyl (C=O) groups excluding carboxylic acids is 1. The van der Waals surface area contributed by atoms with E-state index in [2.05, 4.69) is 10.4 Å². The van der Waals surface area contributed by atoms with Crippen molar-refractivity contribution in [1.82, 2.24) is 15.1 Å². The van der Waals surface area contributed by atoms with Gasteiger partial charge in [0, 0.05) is 23.3 Å². The highest BCUT2D eigenvalue weighted by Crippen LogP contribution is 2.18. The summed E-state index contributed by atoms with van der Waals surface area (Å²) in [6, 6.07) is 6.11. The predicted octanol–water partition coefficient (Wildman–Crippen LogP) is 2.45. The zero-order valence-electron chi connectivity index (χ0n) is 14.4. The lowest BCUT2D eigenvalue weighted by atomic mass is 10.1. The van der Waals surface area contributed by atoms with Crippen molar-refractivity contribution in [3.05, 3.63) is 47.0 Å². The van der Waals surface area contributed by atoms with E-state index in [9.17, 15) is 9.18 Å². The van der Waals surface area contributed by atoms with Crippen molar-refractivity contribution in [1.29, 1.82) is 0 Å². The first-order valence-corrected chi connectivity index (χ1v) is 7.54. The molecule has 0 spiro atoms. The summed E-state index contributed by atoms with van der Waals surface area (Å²) in [5.41, 5.74) is 8.72. The minimum Gasteiger partial charge on any atom is -0.354 e. The summed E-state index contributed by atoms with van der Waals surface area (Å²) in [6.07, 6.45) is 0.245. The molecule has 5 nitrogen and oxygen atoms in total. The van der Waals surface area contributed by atoms with Gasteiger partial charge in [-0.1, -0.05) is 0 Å². The summed E-state index contributed by atoms with van der Waals surface area (Å²) in [6.45, 7) is 7.89. The first kappa shape index (κ1) is 20.1. The SMILES string of the molecule is Cc1nn(-c2ccc(F)cc2)c(C)c1CC(=O)NCC(C)(C)N.Cl. The van der Waals surface area contributed by atoms with Crippen molar-refractivity contribution in [2.24, 2.45) is 5.73 Å². The number of hydrogen-bond donors (Lipinski definition) is 2. The summed E-state index contributed by atoms with van der Waals surface area (Å²) < 4.78 is 14.8. The maximum absolute atomic E-state index is 13.0. The van der Waals surface area contributed by atoms with Gasteiger partial charge in [0.15, 0.2) is 0 Å². The Morgan fingerprint density at radius 2 is 1.88 bits per heavy atom. The number of amides is 1. The highest BCUT2D eigenvalue weighted by atomic mass is 35.5. The van der Waals surface area contributed by atoms with Gasteiger partial charge in [-0.25, -0.2) is 9.07 Å². The fourth-order valence-corrected chi connectivity index (χ4v) is 2.31. The molecule has 2 aromatic rings. The lowest BCUT2D eigenvalue weighted by Gasteiger charge is -2.18. The Balaban J connectivity index is 0.00000288. The van der Waals surface area contributed by atoms with E-state index in [-0.39, 0.29) is 30.6 Å². The number of aryl methyl sites for hydroxylation is 1. The largest absolute Gasteiger partial charge is 0.354 e. The van der Waals surface area contributed by atoms with Gasteiger partial charge in [0.2, 0.25) is 5.91 Å². The molecule has 0 radical (unpaired) electrons. The topological polar surface area (TPSA) is 72.9 Å². The fraction of sp³-hybridized carbons (Fsp3) is 0.412. The van der Waals surface area contributed by atoms with Gasteiger partial charge in [-0.2, -0.15) is 5.10 Å². The van der Waals surface area contributed by atoms with E-state index in [1.807, 2.05) is 27.7 Å². The Morgan fingerprint density at radius 3 is 2.42 bits per heavy atom. The van der Waals surface area contributed by atoms with Crippen LogP contribution in [0.15, 0.2) is 24.3 Å². The van der Waals surface area contributed by atoms with Crippen molar-refractivity contribution in [2.45, 2.75) is 39.7 Å². The number of nitrogens with zero attached hydrogens (tertiary/aromatic N) is 2. The van der Waals surface area contributed by atoms with Crippen LogP contribution in [0, 0.1) is 19.7 Å². The molecular formula is C17H24ClFN4O. The summed E-state index contributed by atoms with van der Waals surface area (Å²) in [5.74, 6) is -0.382. The normalized spacial score (nSPS) is 11.1. The van der Waals surface area contributed by atoms with Crippen molar-refractivity contribution >= 4 is 18.3 Å². The van der Waals surface area contributed by atoms with Gasteiger partial charge in [-0.3, -0.25) is 4.79 Å². The molecule has 0 aliphatic rings. The van der Waals surface area contributed by atoms with Crippen molar-refractivity contribution in [3.8, 4) is 5.69 Å². The van der Waals surface area contributed by atoms with Gasteiger partial charge in [0.25, 0.3) is 0 Å². The van der Waals surface area contributed by atoms with Crippen molar-refractivity contribution < 1.29 is 9.18 Å². The summed E-state index contributed by atoms with van der Waals surface area (Å²) in [4.78, 5) is 12.1. The third-order valence-corrected chi connectivity index (χ3v) is 3.59. The Morgan fingerprint density at radius 1 is 1.29 bits per heavy atom. The number of hydrogen-bond acceptors (Lipinski definition) is 3. The Labute approximate surface area is 147 Å². The van der Waals surface area contributed by atoms with E-state index >= 15 is 0 Å². The molecule has 24 heavy (non-hydrogen) atoms. The quantitative estimate of drug-likeness (QED) is 0.866. The Hall–Kier alpha value is -1.92. The van der Waals surface area contributed by atoms with Crippen LogP contribution >= 0.6 is 12.4 Å². The summed E-state index contributed by atoms with van der Waals surface area (Å²) in [7, 11) is 0. The summed E-state index contributed by atoms with van der Waals surface area (Å²) in [5, 5.41) is 7.29. The van der Waals surface area contributed by atoms with Gasteiger partial charge in [-0.15, -0.1) is 12.4 Å². The number of halogens is 2. The summed E-state index contributed by atoms with van der Waals surface area (Å²) >= 11 is 0. The molecular weight excluding hydrogens is 331 g/mol. The average molecular weight is 355 g/mol. The second-order valence-corrected chi connectivity index (χ2v) is 6.48. The minimum absolute atomic E-state index is 0. The van der Waals surface area contributed by atoms with E-state index in [1.54, 1.807) is 16.8 Å². The molecule has 1 heterocycles. The van der Waals surface area contributed by atoms with Crippen LogP contribution < -0.4 is 11.1 Å². The molecule has 132 valence electrons. The van der Waals surface area contributed by atoms with Gasteiger partial charge < -0.3 is 11.1 Å². The first-order chi connectivity index (χ1) is 10.7. The van der Waals surface area contributed by atoms with E-state index in [1.165, 1.54) is 12.1 Å². The Bertz CT molecular complexity index is 705. The molecule has 0 saturated carbocycles. The molecule has 0 aliphatic heterocycles. The van der Waals surface area contributed by atoms with Gasteiger partial charge in [0.1, 0.15) is 5.82 Å². The lowest BCUT2D eigenvalue weighted by molar-refractivity contribution is -0.120. The van der Waals surface area contributed by atoms with Gasteiger partial charge in [0.05, 0.1) is 17.8 Å². The van der Waals surface area contributed by atoms with Crippen LogP contribution in [0.1, 0.15) is 30.8 Å². The van der Waals surface area contributed by atoms with Crippen molar-refractivity contribution in [2.75, 3.05) is 6.54 Å². The van der Waals surface area contributed by atoms with Gasteiger partial charge >= 0.3 is 0 Å². The fourth-order valence-electron chi connectivity index (χ4n) is 2.31. The van der Waals surface area contributed by atoms with Crippen LogP contribution in [0.4, 0.5) is 4.39 Å². The average Bonchev–Trinajstić information content (AvgIpc) is 2.73. The highest BCUT2D eigenvalue weighted by molar-refractivity contribution is 5.85. The van der Waals surface area contributed by atoms with Crippen LogP contribution in [0.25, 0.3) is 5.69 Å². The van der Waals surface area contributed by atoms with Crippen LogP contribution in [0.3, 0.4) is 0 Å². The molecule has 3 N–H and O–H groups in total. The van der Waals surface area contributed by atoms with E-state index < -0.39 is 5.54 Å². The number of carbonyl (C=O) groups is 1. The number of rotatable bonds is 5. The van der Waals surface area contributed by atoms with Crippen LogP contribution in [0.2, 0.25) is 0 Å². The zero-order valence-corrected chi connectivity index (χ0v) is 15.2. The third-order valence-electron chi connectivity index (χ3n) is 3.59. The molecule has 0 saturated heterocycles. The lowest BCUT2D eigenvalue weighted by Crippen LogP contribution is -2.45. The monoisotopic (exact) mass is 354 g/mol. The van der Waals surface area contributed by atoms with E-state index in [4.69, 9.17) is 5.73 Å².